The lowest BCUT2D eigenvalue weighted by Crippen LogP contribution is -2.26. The molecule has 0 fully saturated rings. The van der Waals surface area contributed by atoms with Crippen molar-refractivity contribution < 1.29 is 14.3 Å². The molecule has 5 heteroatoms. The Morgan fingerprint density at radius 3 is 2.40 bits per heavy atom. The van der Waals surface area contributed by atoms with Gasteiger partial charge in [-0.25, -0.2) is 9.78 Å². The second kappa shape index (κ2) is 5.97. The van der Waals surface area contributed by atoms with Crippen LogP contribution in [-0.4, -0.2) is 24.0 Å². The van der Waals surface area contributed by atoms with Crippen LogP contribution in [0.1, 0.15) is 17.3 Å². The van der Waals surface area contributed by atoms with Crippen molar-refractivity contribution in [2.75, 3.05) is 12.0 Å². The summed E-state index contributed by atoms with van der Waals surface area (Å²) in [6.45, 7) is 1.42. The van der Waals surface area contributed by atoms with E-state index in [9.17, 15) is 9.59 Å². The molecular weight excluding hydrogens is 256 g/mol. The van der Waals surface area contributed by atoms with Gasteiger partial charge in [-0.15, -0.1) is 0 Å². The van der Waals surface area contributed by atoms with Crippen LogP contribution in [0.2, 0.25) is 0 Å². The molecule has 2 aromatic rings. The van der Waals surface area contributed by atoms with Crippen LogP contribution in [0.3, 0.4) is 0 Å². The van der Waals surface area contributed by atoms with Crippen LogP contribution in [0, 0.1) is 0 Å². The van der Waals surface area contributed by atoms with Gasteiger partial charge in [0.15, 0.2) is 5.82 Å². The fraction of sp³-hybridized carbons (Fsp3) is 0.133. The van der Waals surface area contributed by atoms with Gasteiger partial charge in [0.1, 0.15) is 5.56 Å². The third kappa shape index (κ3) is 2.66. The van der Waals surface area contributed by atoms with E-state index in [0.29, 0.717) is 5.69 Å². The van der Waals surface area contributed by atoms with Crippen molar-refractivity contribution in [3.63, 3.8) is 0 Å². The number of esters is 1. The summed E-state index contributed by atoms with van der Waals surface area (Å²) in [5, 5.41) is 0. The summed E-state index contributed by atoms with van der Waals surface area (Å²) in [6.07, 6.45) is 1.53. The van der Waals surface area contributed by atoms with Crippen molar-refractivity contribution in [1.82, 2.24) is 4.98 Å². The number of nitrogens with zero attached hydrogens (tertiary/aromatic N) is 2. The number of ether oxygens (including phenoxy) is 1. The largest absolute Gasteiger partial charge is 0.465 e. The number of carbonyl (C=O) groups excluding carboxylic acids is 2. The van der Waals surface area contributed by atoms with Crippen LogP contribution in [0.15, 0.2) is 48.7 Å². The maximum absolute atomic E-state index is 11.9. The number of amides is 1. The van der Waals surface area contributed by atoms with Crippen LogP contribution in [0.4, 0.5) is 11.5 Å². The monoisotopic (exact) mass is 270 g/mol. The Bertz CT molecular complexity index is 626. The molecule has 1 heterocycles. The molecular formula is C15H14N2O3. The molecule has 0 aliphatic carbocycles. The lowest BCUT2D eigenvalue weighted by Gasteiger charge is -2.21. The van der Waals surface area contributed by atoms with Crippen molar-refractivity contribution in [3.8, 4) is 0 Å². The zero-order valence-electron chi connectivity index (χ0n) is 11.2. The number of aromatic nitrogens is 1. The Morgan fingerprint density at radius 1 is 1.10 bits per heavy atom. The molecule has 0 bridgehead atoms. The van der Waals surface area contributed by atoms with Gasteiger partial charge in [0.05, 0.1) is 12.8 Å². The molecule has 0 saturated heterocycles. The molecule has 1 amide bonds. The maximum atomic E-state index is 11.9. The minimum absolute atomic E-state index is 0.236. The third-order valence-electron chi connectivity index (χ3n) is 2.73. The van der Waals surface area contributed by atoms with E-state index in [1.165, 1.54) is 25.1 Å². The van der Waals surface area contributed by atoms with Crippen LogP contribution in [0.25, 0.3) is 0 Å². The Hall–Kier alpha value is -2.69. The van der Waals surface area contributed by atoms with Gasteiger partial charge in [0.25, 0.3) is 0 Å². The van der Waals surface area contributed by atoms with E-state index in [2.05, 4.69) is 4.98 Å². The fourth-order valence-corrected chi connectivity index (χ4v) is 1.87. The van der Waals surface area contributed by atoms with E-state index >= 15 is 0 Å². The molecule has 102 valence electrons. The predicted molar refractivity (Wildman–Crippen MR) is 74.8 cm³/mol. The molecule has 1 aromatic carbocycles. The van der Waals surface area contributed by atoms with Crippen LogP contribution in [-0.2, 0) is 9.53 Å². The molecule has 0 atom stereocenters. The molecule has 1 aromatic heterocycles. The minimum Gasteiger partial charge on any atom is -0.465 e. The molecule has 0 aliphatic heterocycles. The second-order valence-electron chi connectivity index (χ2n) is 4.06. The normalized spacial score (nSPS) is 9.90. The second-order valence-corrected chi connectivity index (χ2v) is 4.06. The number of hydrogen-bond acceptors (Lipinski definition) is 4. The van der Waals surface area contributed by atoms with Gasteiger partial charge >= 0.3 is 5.97 Å². The number of rotatable bonds is 3. The summed E-state index contributed by atoms with van der Waals surface area (Å²) in [6, 6.07) is 12.2. The standard InChI is InChI=1S/C15H14N2O3/c1-11(18)17(12-7-4-3-5-8-12)14-13(15(19)20-2)9-6-10-16-14/h3-10H,1-2H3. The highest BCUT2D eigenvalue weighted by molar-refractivity contribution is 6.04. The number of benzene rings is 1. The molecule has 0 saturated carbocycles. The quantitative estimate of drug-likeness (QED) is 0.804. The summed E-state index contributed by atoms with van der Waals surface area (Å²) in [4.78, 5) is 29.3. The summed E-state index contributed by atoms with van der Waals surface area (Å²) in [7, 11) is 1.29. The zero-order chi connectivity index (χ0) is 14.5. The van der Waals surface area contributed by atoms with Gasteiger partial charge in [-0.3, -0.25) is 9.69 Å². The lowest BCUT2D eigenvalue weighted by atomic mass is 10.2. The molecule has 0 N–H and O–H groups in total. The highest BCUT2D eigenvalue weighted by Crippen LogP contribution is 2.26. The highest BCUT2D eigenvalue weighted by atomic mass is 16.5. The molecule has 0 aliphatic rings. The van der Waals surface area contributed by atoms with E-state index in [4.69, 9.17) is 4.74 Å². The summed E-state index contributed by atoms with van der Waals surface area (Å²) >= 11 is 0. The average Bonchev–Trinajstić information content (AvgIpc) is 2.48. The zero-order valence-corrected chi connectivity index (χ0v) is 11.2. The van der Waals surface area contributed by atoms with Gasteiger partial charge in [-0.2, -0.15) is 0 Å². The first-order chi connectivity index (χ1) is 9.65. The van der Waals surface area contributed by atoms with Gasteiger partial charge in [0.2, 0.25) is 5.91 Å². The van der Waals surface area contributed by atoms with Gasteiger partial charge in [-0.05, 0) is 24.3 Å². The molecule has 5 nitrogen and oxygen atoms in total. The highest BCUT2D eigenvalue weighted by Gasteiger charge is 2.22. The van der Waals surface area contributed by atoms with E-state index < -0.39 is 5.97 Å². The molecule has 20 heavy (non-hydrogen) atoms. The number of pyridine rings is 1. The topological polar surface area (TPSA) is 59.5 Å². The van der Waals surface area contributed by atoms with Crippen molar-refractivity contribution >= 4 is 23.4 Å². The first-order valence-electron chi connectivity index (χ1n) is 6.04. The maximum Gasteiger partial charge on any atom is 0.341 e. The van der Waals surface area contributed by atoms with E-state index in [-0.39, 0.29) is 17.3 Å². The van der Waals surface area contributed by atoms with Gasteiger partial charge in [-0.1, -0.05) is 18.2 Å². The van der Waals surface area contributed by atoms with Crippen LogP contribution >= 0.6 is 0 Å². The third-order valence-corrected chi connectivity index (χ3v) is 2.73. The van der Waals surface area contributed by atoms with Crippen molar-refractivity contribution in [2.24, 2.45) is 0 Å². The summed E-state index contributed by atoms with van der Waals surface area (Å²) < 4.78 is 4.73. The number of carbonyl (C=O) groups is 2. The number of anilines is 2. The van der Waals surface area contributed by atoms with Crippen molar-refractivity contribution in [1.29, 1.82) is 0 Å². The Kier molecular flexibility index (Phi) is 4.10. The first-order valence-corrected chi connectivity index (χ1v) is 6.04. The predicted octanol–water partition coefficient (Wildman–Crippen LogP) is 2.55. The number of para-hydroxylation sites is 1. The van der Waals surface area contributed by atoms with Crippen molar-refractivity contribution in [3.05, 3.63) is 54.2 Å². The smallest absolute Gasteiger partial charge is 0.341 e. The average molecular weight is 270 g/mol. The Labute approximate surface area is 116 Å². The van der Waals surface area contributed by atoms with Crippen LogP contribution in [0.5, 0.6) is 0 Å². The Balaban J connectivity index is 2.57. The van der Waals surface area contributed by atoms with E-state index in [1.54, 1.807) is 24.3 Å². The van der Waals surface area contributed by atoms with E-state index in [0.717, 1.165) is 0 Å². The summed E-state index contributed by atoms with van der Waals surface area (Å²) in [5.41, 5.74) is 0.887. The SMILES string of the molecule is COC(=O)c1cccnc1N(C(C)=O)c1ccccc1. The van der Waals surface area contributed by atoms with Crippen LogP contribution < -0.4 is 4.90 Å². The molecule has 0 radical (unpaired) electrons. The molecule has 2 rings (SSSR count). The van der Waals surface area contributed by atoms with E-state index in [1.807, 2.05) is 18.2 Å². The number of methoxy groups -OCH3 is 1. The van der Waals surface area contributed by atoms with Gasteiger partial charge < -0.3 is 4.74 Å². The summed E-state index contributed by atoms with van der Waals surface area (Å²) in [5.74, 6) is -0.506. The minimum atomic E-state index is -0.532. The molecule has 0 unspecified atom stereocenters. The molecule has 0 spiro atoms. The number of hydrogen-bond donors (Lipinski definition) is 0. The fourth-order valence-electron chi connectivity index (χ4n) is 1.87. The van der Waals surface area contributed by atoms with Crippen molar-refractivity contribution in [2.45, 2.75) is 6.92 Å². The van der Waals surface area contributed by atoms with Gasteiger partial charge in [0, 0.05) is 13.1 Å². The Morgan fingerprint density at radius 2 is 1.80 bits per heavy atom. The lowest BCUT2D eigenvalue weighted by molar-refractivity contribution is -0.115. The first kappa shape index (κ1) is 13.7.